The third-order valence-electron chi connectivity index (χ3n) is 3.07. The van der Waals surface area contributed by atoms with E-state index in [1.54, 1.807) is 0 Å². The predicted octanol–water partition coefficient (Wildman–Crippen LogP) is 0.129. The van der Waals surface area contributed by atoms with Crippen LogP contribution in [0, 0.1) is 0 Å². The number of nitrogens with zero attached hydrogens (tertiary/aromatic N) is 4. The molecule has 2 N–H and O–H groups in total. The van der Waals surface area contributed by atoms with Gasteiger partial charge in [0.1, 0.15) is 0 Å². The SMILES string of the molecule is CCc1nn(C)cc1CN=C(N)N1CCOCC1. The maximum atomic E-state index is 5.99. The lowest BCUT2D eigenvalue weighted by Gasteiger charge is -2.27. The van der Waals surface area contributed by atoms with Crippen LogP contribution in [0.5, 0.6) is 0 Å². The Bertz CT molecular complexity index is 420. The lowest BCUT2D eigenvalue weighted by molar-refractivity contribution is 0.0674. The zero-order valence-electron chi connectivity index (χ0n) is 11.1. The van der Waals surface area contributed by atoms with Crippen molar-refractivity contribution < 1.29 is 4.74 Å². The van der Waals surface area contributed by atoms with Crippen LogP contribution in [0.1, 0.15) is 18.2 Å². The highest BCUT2D eigenvalue weighted by atomic mass is 16.5. The number of hydrogen-bond donors (Lipinski definition) is 1. The van der Waals surface area contributed by atoms with Crippen LogP contribution < -0.4 is 5.73 Å². The predicted molar refractivity (Wildman–Crippen MR) is 70.3 cm³/mol. The Labute approximate surface area is 107 Å². The molecule has 0 unspecified atom stereocenters. The van der Waals surface area contributed by atoms with Gasteiger partial charge in [0, 0.05) is 31.9 Å². The van der Waals surface area contributed by atoms with E-state index in [4.69, 9.17) is 10.5 Å². The van der Waals surface area contributed by atoms with Gasteiger partial charge in [-0.3, -0.25) is 4.68 Å². The van der Waals surface area contributed by atoms with Gasteiger partial charge in [0.25, 0.3) is 0 Å². The Morgan fingerprint density at radius 2 is 2.22 bits per heavy atom. The van der Waals surface area contributed by atoms with Gasteiger partial charge in [-0.2, -0.15) is 5.10 Å². The van der Waals surface area contributed by atoms with Gasteiger partial charge in [-0.05, 0) is 6.42 Å². The van der Waals surface area contributed by atoms with Crippen molar-refractivity contribution in [3.8, 4) is 0 Å². The number of aliphatic imine (C=N–C) groups is 1. The van der Waals surface area contributed by atoms with Crippen molar-refractivity contribution in [1.29, 1.82) is 0 Å². The molecule has 0 radical (unpaired) electrons. The van der Waals surface area contributed by atoms with Crippen LogP contribution in [0.2, 0.25) is 0 Å². The second-order valence-electron chi connectivity index (χ2n) is 4.40. The Kier molecular flexibility index (Phi) is 4.19. The summed E-state index contributed by atoms with van der Waals surface area (Å²) in [6, 6.07) is 0. The Morgan fingerprint density at radius 3 is 2.89 bits per heavy atom. The fourth-order valence-corrected chi connectivity index (χ4v) is 2.07. The lowest BCUT2D eigenvalue weighted by Crippen LogP contribution is -2.44. The number of guanidine groups is 1. The molecule has 0 amide bonds. The van der Waals surface area contributed by atoms with Crippen LogP contribution in [-0.4, -0.2) is 46.9 Å². The molecule has 6 nitrogen and oxygen atoms in total. The van der Waals surface area contributed by atoms with Crippen molar-refractivity contribution in [3.05, 3.63) is 17.5 Å². The standard InChI is InChI=1S/C12H21N5O/c1-3-11-10(9-16(2)15-11)8-14-12(13)17-4-6-18-7-5-17/h9H,3-8H2,1-2H3,(H2,13,14). The molecule has 0 aromatic carbocycles. The minimum absolute atomic E-state index is 0.597. The van der Waals surface area contributed by atoms with E-state index in [-0.39, 0.29) is 0 Å². The van der Waals surface area contributed by atoms with Gasteiger partial charge in [-0.15, -0.1) is 0 Å². The number of aryl methyl sites for hydroxylation is 2. The number of hydrogen-bond acceptors (Lipinski definition) is 3. The third kappa shape index (κ3) is 3.01. The van der Waals surface area contributed by atoms with Crippen LogP contribution in [0.3, 0.4) is 0 Å². The Hall–Kier alpha value is -1.56. The van der Waals surface area contributed by atoms with E-state index >= 15 is 0 Å². The summed E-state index contributed by atoms with van der Waals surface area (Å²) >= 11 is 0. The van der Waals surface area contributed by atoms with Crippen LogP contribution in [0.15, 0.2) is 11.2 Å². The van der Waals surface area contributed by atoms with Crippen molar-refractivity contribution in [2.24, 2.45) is 17.8 Å². The summed E-state index contributed by atoms with van der Waals surface area (Å²) in [5.74, 6) is 0.601. The van der Waals surface area contributed by atoms with Gasteiger partial charge >= 0.3 is 0 Å². The maximum Gasteiger partial charge on any atom is 0.191 e. The van der Waals surface area contributed by atoms with E-state index < -0.39 is 0 Å². The topological polar surface area (TPSA) is 68.7 Å². The molecule has 0 aliphatic carbocycles. The first-order chi connectivity index (χ1) is 8.70. The number of rotatable bonds is 3. The molecule has 1 aliphatic heterocycles. The molecule has 2 rings (SSSR count). The minimum Gasteiger partial charge on any atom is -0.378 e. The molecule has 0 spiro atoms. The molecular weight excluding hydrogens is 230 g/mol. The largest absolute Gasteiger partial charge is 0.378 e. The number of aromatic nitrogens is 2. The molecule has 1 fully saturated rings. The first-order valence-electron chi connectivity index (χ1n) is 6.34. The van der Waals surface area contributed by atoms with Crippen molar-refractivity contribution in [1.82, 2.24) is 14.7 Å². The summed E-state index contributed by atoms with van der Waals surface area (Å²) in [7, 11) is 1.93. The van der Waals surface area contributed by atoms with Crippen LogP contribution in [-0.2, 0) is 24.8 Å². The molecule has 0 bridgehead atoms. The van der Waals surface area contributed by atoms with Gasteiger partial charge in [0.15, 0.2) is 5.96 Å². The maximum absolute atomic E-state index is 5.99. The quantitative estimate of drug-likeness (QED) is 0.612. The van der Waals surface area contributed by atoms with E-state index in [1.165, 1.54) is 0 Å². The van der Waals surface area contributed by atoms with E-state index in [0.717, 1.165) is 44.0 Å². The number of nitrogens with two attached hydrogens (primary N) is 1. The lowest BCUT2D eigenvalue weighted by atomic mass is 10.2. The smallest absolute Gasteiger partial charge is 0.191 e. The number of ether oxygens (including phenoxy) is 1. The summed E-state index contributed by atoms with van der Waals surface area (Å²) in [5, 5.41) is 4.39. The highest BCUT2D eigenvalue weighted by Crippen LogP contribution is 2.09. The molecule has 6 heteroatoms. The first kappa shape index (κ1) is 12.9. The molecule has 1 saturated heterocycles. The molecule has 100 valence electrons. The molecule has 1 aliphatic rings. The van der Waals surface area contributed by atoms with Gasteiger partial charge < -0.3 is 15.4 Å². The molecular formula is C12H21N5O. The average molecular weight is 251 g/mol. The normalized spacial score (nSPS) is 17.2. The highest BCUT2D eigenvalue weighted by Gasteiger charge is 2.12. The average Bonchev–Trinajstić information content (AvgIpc) is 2.77. The van der Waals surface area contributed by atoms with Crippen molar-refractivity contribution in [2.45, 2.75) is 19.9 Å². The fourth-order valence-electron chi connectivity index (χ4n) is 2.07. The van der Waals surface area contributed by atoms with Crippen LogP contribution in [0.25, 0.3) is 0 Å². The first-order valence-corrected chi connectivity index (χ1v) is 6.34. The summed E-state index contributed by atoms with van der Waals surface area (Å²) in [4.78, 5) is 6.51. The second-order valence-corrected chi connectivity index (χ2v) is 4.40. The van der Waals surface area contributed by atoms with E-state index in [9.17, 15) is 0 Å². The van der Waals surface area contributed by atoms with E-state index in [0.29, 0.717) is 12.5 Å². The van der Waals surface area contributed by atoms with Crippen LogP contribution >= 0.6 is 0 Å². The van der Waals surface area contributed by atoms with Crippen molar-refractivity contribution >= 4 is 5.96 Å². The zero-order valence-corrected chi connectivity index (χ0v) is 11.1. The summed E-state index contributed by atoms with van der Waals surface area (Å²) in [6.07, 6.45) is 2.93. The van der Waals surface area contributed by atoms with Gasteiger partial charge in [0.05, 0.1) is 25.5 Å². The second kappa shape index (κ2) is 5.86. The van der Waals surface area contributed by atoms with E-state index in [1.807, 2.05) is 17.9 Å². The molecule has 2 heterocycles. The van der Waals surface area contributed by atoms with Crippen LogP contribution in [0.4, 0.5) is 0 Å². The number of morpholine rings is 1. The molecule has 1 aromatic rings. The van der Waals surface area contributed by atoms with Crippen molar-refractivity contribution in [2.75, 3.05) is 26.3 Å². The Morgan fingerprint density at radius 1 is 1.50 bits per heavy atom. The van der Waals surface area contributed by atoms with E-state index in [2.05, 4.69) is 21.9 Å². The summed E-state index contributed by atoms with van der Waals surface area (Å²) in [5.41, 5.74) is 8.23. The molecule has 0 atom stereocenters. The monoisotopic (exact) mass is 251 g/mol. The molecule has 18 heavy (non-hydrogen) atoms. The summed E-state index contributed by atoms with van der Waals surface area (Å²) < 4.78 is 7.11. The van der Waals surface area contributed by atoms with Gasteiger partial charge in [-0.1, -0.05) is 6.92 Å². The fraction of sp³-hybridized carbons (Fsp3) is 0.667. The molecule has 0 saturated carbocycles. The van der Waals surface area contributed by atoms with Gasteiger partial charge in [-0.25, -0.2) is 4.99 Å². The van der Waals surface area contributed by atoms with Crippen molar-refractivity contribution in [3.63, 3.8) is 0 Å². The third-order valence-corrected chi connectivity index (χ3v) is 3.07. The summed E-state index contributed by atoms with van der Waals surface area (Å²) in [6.45, 7) is 5.79. The zero-order chi connectivity index (χ0) is 13.0. The Balaban J connectivity index is 2.00. The van der Waals surface area contributed by atoms with Gasteiger partial charge in [0.2, 0.25) is 0 Å². The minimum atomic E-state index is 0.597. The molecule has 1 aromatic heterocycles. The highest BCUT2D eigenvalue weighted by molar-refractivity contribution is 5.78.